The summed E-state index contributed by atoms with van der Waals surface area (Å²) in [7, 11) is -0.389. The topological polar surface area (TPSA) is 17.6 Å². The number of aromatic nitrogens is 4. The Kier molecular flexibility index (Phi) is 1.03. The highest BCUT2D eigenvalue weighted by Crippen LogP contribution is 1.83. The number of hydrogen-bond acceptors (Lipinski definition) is 0. The second-order valence-electron chi connectivity index (χ2n) is 3.68. The molecule has 3 heterocycles. The molecule has 0 saturated heterocycles. The summed E-state index contributed by atoms with van der Waals surface area (Å²) < 4.78 is 9.44. The van der Waals surface area contributed by atoms with Crippen LogP contribution in [0.3, 0.4) is 0 Å². The molecule has 0 N–H and O–H groups in total. The first-order chi connectivity index (χ1) is 5.93. The van der Waals surface area contributed by atoms with Crippen LogP contribution >= 0.6 is 0 Å². The van der Waals surface area contributed by atoms with Crippen LogP contribution in [0, 0.1) is 0 Å². The number of hydrogen-bond donors (Lipinski definition) is 0. The monoisotopic (exact) mass is 160 g/mol. The molecule has 0 radical (unpaired) electrons. The van der Waals surface area contributed by atoms with E-state index in [4.69, 9.17) is 0 Å². The van der Waals surface area contributed by atoms with E-state index in [-0.39, 0.29) is 15.1 Å². The van der Waals surface area contributed by atoms with Crippen LogP contribution < -0.4 is 9.19 Å². The van der Waals surface area contributed by atoms with Gasteiger partial charge >= 0.3 is 15.1 Å². The van der Waals surface area contributed by atoms with Crippen molar-refractivity contribution in [2.24, 2.45) is 0 Å². The molecule has 3 rings (SSSR count). The summed E-state index contributed by atoms with van der Waals surface area (Å²) in [4.78, 5) is 0. The minimum atomic E-state index is -0.194. The van der Waals surface area contributed by atoms with Crippen molar-refractivity contribution < 1.29 is 9.19 Å². The smallest absolute Gasteiger partial charge is 0.348 e. The Bertz CT molecular complexity index is 345. The van der Waals surface area contributed by atoms with Gasteiger partial charge in [-0.25, -0.2) is 0 Å². The molecule has 0 atom stereocenters. The van der Waals surface area contributed by atoms with Crippen molar-refractivity contribution >= 4 is 15.1 Å². The Morgan fingerprint density at radius 3 is 1.83 bits per heavy atom. The third-order valence-electron chi connectivity index (χ3n) is 3.02. The molecule has 12 heavy (non-hydrogen) atoms. The second-order valence-corrected chi connectivity index (χ2v) is 3.68. The zero-order chi connectivity index (χ0) is 7.97. The van der Waals surface area contributed by atoms with E-state index in [1.807, 2.05) is 0 Å². The highest BCUT2D eigenvalue weighted by molar-refractivity contribution is 6.27. The predicted molar refractivity (Wildman–Crippen MR) is 47.9 cm³/mol. The van der Waals surface area contributed by atoms with Crippen molar-refractivity contribution in [2.45, 2.75) is 0 Å². The zero-order valence-corrected chi connectivity index (χ0v) is 7.25. The number of fused-ring (bicyclic) bond motifs is 2. The van der Waals surface area contributed by atoms with Crippen LogP contribution in [0.2, 0.25) is 0 Å². The van der Waals surface area contributed by atoms with Gasteiger partial charge in [-0.15, -0.1) is 0 Å². The van der Waals surface area contributed by atoms with E-state index in [0.29, 0.717) is 0 Å². The van der Waals surface area contributed by atoms with Gasteiger partial charge in [0.05, 0.1) is 0 Å². The third-order valence-corrected chi connectivity index (χ3v) is 3.02. The van der Waals surface area contributed by atoms with E-state index >= 15 is 0 Å². The molecule has 0 fully saturated rings. The van der Waals surface area contributed by atoms with Gasteiger partial charge < -0.3 is 18.4 Å². The standard InChI is InChI=1S/C6H10B2N4/c1-3-9-7-11-5-2-6-12(11)8-10(9)4-1/h1-6H,7-8H2. The second kappa shape index (κ2) is 2.03. The zero-order valence-electron chi connectivity index (χ0n) is 7.25. The fraction of sp³-hybridized carbons (Fsp3) is 0. The molecule has 0 aliphatic carbocycles. The Balaban J connectivity index is 2.15. The first-order valence-corrected chi connectivity index (χ1v) is 4.55. The molecule has 0 aromatic carbocycles. The summed E-state index contributed by atoms with van der Waals surface area (Å²) in [6.45, 7) is 0. The molecular formula is C6H10B2N4. The Morgan fingerprint density at radius 1 is 0.833 bits per heavy atom. The van der Waals surface area contributed by atoms with Gasteiger partial charge in [-0.2, -0.15) is 0 Å². The molecule has 60 valence electrons. The first-order valence-electron chi connectivity index (χ1n) is 4.55. The van der Waals surface area contributed by atoms with Crippen LogP contribution in [0.15, 0.2) is 36.9 Å². The van der Waals surface area contributed by atoms with Gasteiger partial charge in [-0.05, 0) is 0 Å². The van der Waals surface area contributed by atoms with Gasteiger partial charge in [0, 0.05) is 24.5 Å². The highest BCUT2D eigenvalue weighted by Gasteiger charge is 2.13. The summed E-state index contributed by atoms with van der Waals surface area (Å²) in [5, 5.41) is 0. The lowest BCUT2D eigenvalue weighted by Gasteiger charge is -2.20. The lowest BCUT2D eigenvalue weighted by Crippen LogP contribution is -2.70. The molecule has 0 amide bonds. The minimum Gasteiger partial charge on any atom is -0.348 e. The lowest BCUT2D eigenvalue weighted by molar-refractivity contribution is -0.690. The molecule has 0 spiro atoms. The first kappa shape index (κ1) is 6.11. The maximum atomic E-state index is 2.36. The average molecular weight is 160 g/mol. The maximum Gasteiger partial charge on any atom is 0.415 e. The van der Waals surface area contributed by atoms with Crippen LogP contribution in [0.25, 0.3) is 0 Å². The minimum absolute atomic E-state index is 0.194. The lowest BCUT2D eigenvalue weighted by atomic mass is 10.1. The van der Waals surface area contributed by atoms with E-state index in [1.54, 1.807) is 0 Å². The normalized spacial score (nSPS) is 14.0. The van der Waals surface area contributed by atoms with Gasteiger partial charge in [0.15, 0.2) is 0 Å². The van der Waals surface area contributed by atoms with Crippen molar-refractivity contribution in [2.75, 3.05) is 0 Å². The predicted octanol–water partition coefficient (Wildman–Crippen LogP) is -3.03. The van der Waals surface area contributed by atoms with E-state index in [2.05, 4.69) is 55.3 Å². The van der Waals surface area contributed by atoms with Crippen LogP contribution in [-0.4, -0.2) is 24.3 Å². The van der Waals surface area contributed by atoms with Crippen molar-refractivity contribution in [1.29, 1.82) is 0 Å². The highest BCUT2D eigenvalue weighted by atomic mass is 15.5. The third kappa shape index (κ3) is 0.691. The van der Waals surface area contributed by atoms with Gasteiger partial charge in [0.25, 0.3) is 0 Å². The van der Waals surface area contributed by atoms with E-state index < -0.39 is 0 Å². The van der Waals surface area contributed by atoms with Crippen molar-refractivity contribution in [1.82, 2.24) is 9.19 Å². The van der Waals surface area contributed by atoms with E-state index in [9.17, 15) is 0 Å². The molecule has 0 saturated carbocycles. The fourth-order valence-electron chi connectivity index (χ4n) is 2.25. The molecule has 1 aliphatic heterocycles. The molecule has 2 aromatic rings. The quantitative estimate of drug-likeness (QED) is 0.311. The molecule has 1 aliphatic rings. The Hall–Kier alpha value is -1.45. The summed E-state index contributed by atoms with van der Waals surface area (Å²) in [6, 6.07) is 4.25. The van der Waals surface area contributed by atoms with Crippen LogP contribution in [-0.2, 0) is 0 Å². The van der Waals surface area contributed by atoms with Crippen LogP contribution in [0.5, 0.6) is 0 Å². The van der Waals surface area contributed by atoms with Crippen molar-refractivity contribution in [3.63, 3.8) is 0 Å². The van der Waals surface area contributed by atoms with Gasteiger partial charge in [-0.1, -0.05) is 0 Å². The molecular weight excluding hydrogens is 150 g/mol. The van der Waals surface area contributed by atoms with Gasteiger partial charge in [0.1, 0.15) is 12.4 Å². The Labute approximate surface area is 71.2 Å². The van der Waals surface area contributed by atoms with E-state index in [1.165, 1.54) is 0 Å². The largest absolute Gasteiger partial charge is 0.415 e. The van der Waals surface area contributed by atoms with Crippen LogP contribution in [0.1, 0.15) is 0 Å². The summed E-state index contributed by atoms with van der Waals surface area (Å²) in [5.41, 5.74) is 0. The average Bonchev–Trinajstić information content (AvgIpc) is 2.64. The van der Waals surface area contributed by atoms with Crippen molar-refractivity contribution in [3.05, 3.63) is 36.9 Å². The number of rotatable bonds is 0. The maximum absolute atomic E-state index is 2.36. The Morgan fingerprint density at radius 2 is 1.33 bits per heavy atom. The molecule has 0 bridgehead atoms. The van der Waals surface area contributed by atoms with Crippen molar-refractivity contribution in [3.8, 4) is 0 Å². The number of nitrogens with zero attached hydrogens (tertiary/aromatic N) is 4. The molecule has 2 aromatic heterocycles. The van der Waals surface area contributed by atoms with Gasteiger partial charge in [0.2, 0.25) is 0 Å². The van der Waals surface area contributed by atoms with Crippen LogP contribution in [0.4, 0.5) is 0 Å². The SMILES string of the molecule is [BH2-]1n2ccc[n+]2[BH2-]n2ccc[n+]21. The molecule has 6 heteroatoms. The summed E-state index contributed by atoms with van der Waals surface area (Å²) in [6.07, 6.45) is 8.69. The molecule has 4 nitrogen and oxygen atoms in total. The molecule has 0 unspecified atom stereocenters. The van der Waals surface area contributed by atoms with E-state index in [0.717, 1.165) is 0 Å². The van der Waals surface area contributed by atoms with Gasteiger partial charge in [-0.3, -0.25) is 0 Å². The fourth-order valence-corrected chi connectivity index (χ4v) is 2.25. The summed E-state index contributed by atoms with van der Waals surface area (Å²) >= 11 is 0. The summed E-state index contributed by atoms with van der Waals surface area (Å²) in [5.74, 6) is 0.